The fraction of sp³-hybridized carbons (Fsp3) is 0.308. The lowest BCUT2D eigenvalue weighted by Crippen LogP contribution is -2.25. The second-order valence-corrected chi connectivity index (χ2v) is 5.26. The van der Waals surface area contributed by atoms with Gasteiger partial charge in [0, 0.05) is 17.1 Å². The summed E-state index contributed by atoms with van der Waals surface area (Å²) in [6.45, 7) is 0.535. The van der Waals surface area contributed by atoms with Crippen LogP contribution in [-0.2, 0) is 6.54 Å². The lowest BCUT2D eigenvalue weighted by Gasteiger charge is -2.14. The van der Waals surface area contributed by atoms with Gasteiger partial charge in [0.1, 0.15) is 12.4 Å². The first-order valence-electron chi connectivity index (χ1n) is 6.32. The van der Waals surface area contributed by atoms with Crippen LogP contribution >= 0.6 is 11.8 Å². The van der Waals surface area contributed by atoms with E-state index in [4.69, 9.17) is 0 Å². The van der Waals surface area contributed by atoms with E-state index in [1.165, 1.54) is 17.1 Å². The van der Waals surface area contributed by atoms with Crippen molar-refractivity contribution in [1.82, 2.24) is 9.78 Å². The van der Waals surface area contributed by atoms with Crippen LogP contribution < -0.4 is 5.32 Å². The van der Waals surface area contributed by atoms with Gasteiger partial charge in [-0.15, -0.1) is 11.8 Å². The number of rotatable bonds is 7. The number of aromatic nitrogens is 2. The van der Waals surface area contributed by atoms with Gasteiger partial charge >= 0.3 is 5.69 Å². The fourth-order valence-electron chi connectivity index (χ4n) is 1.85. The summed E-state index contributed by atoms with van der Waals surface area (Å²) in [6, 6.07) is 7.81. The van der Waals surface area contributed by atoms with E-state index in [2.05, 4.69) is 10.4 Å². The van der Waals surface area contributed by atoms with Crippen LogP contribution in [0.2, 0.25) is 0 Å². The third-order valence-electron chi connectivity index (χ3n) is 2.86. The Morgan fingerprint density at radius 3 is 2.95 bits per heavy atom. The Kier molecular flexibility index (Phi) is 5.18. The molecule has 7 nitrogen and oxygen atoms in total. The summed E-state index contributed by atoms with van der Waals surface area (Å²) in [6.07, 6.45) is 3.77. The molecule has 0 saturated heterocycles. The number of hydrogen-bond acceptors (Lipinski definition) is 6. The first-order chi connectivity index (χ1) is 10.1. The number of nitrogens with one attached hydrogen (secondary N) is 1. The third kappa shape index (κ3) is 4.20. The largest absolute Gasteiger partial charge is 0.389 e. The number of nitro groups is 1. The maximum atomic E-state index is 10.6. The maximum absolute atomic E-state index is 10.6. The molecule has 0 radical (unpaired) electrons. The van der Waals surface area contributed by atoms with Crippen molar-refractivity contribution in [3.63, 3.8) is 0 Å². The molecule has 0 aliphatic heterocycles. The first kappa shape index (κ1) is 15.3. The minimum atomic E-state index is -0.695. The molecule has 2 N–H and O–H groups in total. The van der Waals surface area contributed by atoms with Crippen molar-refractivity contribution in [2.75, 3.05) is 18.1 Å². The van der Waals surface area contributed by atoms with Gasteiger partial charge in [-0.25, -0.2) is 0 Å². The Bertz CT molecular complexity index is 617. The molecule has 0 amide bonds. The Hall–Kier alpha value is -2.06. The summed E-state index contributed by atoms with van der Waals surface area (Å²) in [5, 5.41) is 27.5. The van der Waals surface area contributed by atoms with E-state index in [1.54, 1.807) is 11.8 Å². The summed E-state index contributed by atoms with van der Waals surface area (Å²) in [4.78, 5) is 11.1. The van der Waals surface area contributed by atoms with Gasteiger partial charge in [-0.05, 0) is 18.4 Å². The van der Waals surface area contributed by atoms with E-state index in [0.717, 1.165) is 10.6 Å². The Balaban J connectivity index is 1.89. The van der Waals surface area contributed by atoms with Crippen LogP contribution in [0.1, 0.15) is 0 Å². The molecule has 112 valence electrons. The monoisotopic (exact) mass is 308 g/mol. The van der Waals surface area contributed by atoms with Crippen molar-refractivity contribution in [2.45, 2.75) is 17.5 Å². The van der Waals surface area contributed by atoms with Gasteiger partial charge in [-0.3, -0.25) is 14.8 Å². The molecular formula is C13H16N4O3S. The average molecular weight is 308 g/mol. The second-order valence-electron chi connectivity index (χ2n) is 4.41. The quantitative estimate of drug-likeness (QED) is 0.461. The summed E-state index contributed by atoms with van der Waals surface area (Å²) >= 11 is 1.62. The number of benzene rings is 1. The summed E-state index contributed by atoms with van der Waals surface area (Å²) in [5.74, 6) is 0. The standard InChI is InChI=1S/C13H16N4O3S/c1-21-13-5-3-2-4-12(13)14-7-11(18)9-16-8-10(6-15-16)17(19)20/h2-6,8,11,14,18H,7,9H2,1H3. The third-order valence-corrected chi connectivity index (χ3v) is 3.66. The molecule has 0 bridgehead atoms. The van der Waals surface area contributed by atoms with Crippen molar-refractivity contribution < 1.29 is 10.0 Å². The van der Waals surface area contributed by atoms with Gasteiger partial charge in [-0.2, -0.15) is 5.10 Å². The highest BCUT2D eigenvalue weighted by atomic mass is 32.2. The van der Waals surface area contributed by atoms with E-state index in [9.17, 15) is 15.2 Å². The van der Waals surface area contributed by atoms with Crippen molar-refractivity contribution in [1.29, 1.82) is 0 Å². The fourth-order valence-corrected chi connectivity index (χ4v) is 2.42. The smallest absolute Gasteiger partial charge is 0.306 e. The number of aliphatic hydroxyl groups is 1. The van der Waals surface area contributed by atoms with Crippen LogP contribution in [0.5, 0.6) is 0 Å². The molecule has 0 aliphatic rings. The Labute approximate surface area is 126 Å². The number of thioether (sulfide) groups is 1. The van der Waals surface area contributed by atoms with Crippen LogP contribution in [0, 0.1) is 10.1 Å². The lowest BCUT2D eigenvalue weighted by molar-refractivity contribution is -0.385. The Morgan fingerprint density at radius 1 is 1.52 bits per heavy atom. The predicted molar refractivity (Wildman–Crippen MR) is 81.6 cm³/mol. The van der Waals surface area contributed by atoms with Crippen LogP contribution in [0.25, 0.3) is 0 Å². The molecule has 0 fully saturated rings. The van der Waals surface area contributed by atoms with Gasteiger partial charge in [0.05, 0.1) is 17.6 Å². The van der Waals surface area contributed by atoms with Crippen molar-refractivity contribution in [3.8, 4) is 0 Å². The molecule has 0 aliphatic carbocycles. The van der Waals surface area contributed by atoms with E-state index < -0.39 is 11.0 Å². The van der Waals surface area contributed by atoms with Gasteiger partial charge in [-0.1, -0.05) is 12.1 Å². The van der Waals surface area contributed by atoms with Crippen molar-refractivity contribution in [3.05, 3.63) is 46.8 Å². The normalized spacial score (nSPS) is 12.1. The molecule has 0 spiro atoms. The van der Waals surface area contributed by atoms with Crippen LogP contribution in [-0.4, -0.2) is 38.7 Å². The van der Waals surface area contributed by atoms with Crippen LogP contribution in [0.3, 0.4) is 0 Å². The maximum Gasteiger partial charge on any atom is 0.306 e. The SMILES string of the molecule is CSc1ccccc1NCC(O)Cn1cc([N+](=O)[O-])cn1. The molecule has 2 aromatic rings. The molecule has 1 atom stereocenters. The molecule has 2 rings (SSSR count). The first-order valence-corrected chi connectivity index (χ1v) is 7.54. The topological polar surface area (TPSA) is 93.2 Å². The highest BCUT2D eigenvalue weighted by Crippen LogP contribution is 2.24. The lowest BCUT2D eigenvalue weighted by atomic mass is 10.3. The van der Waals surface area contributed by atoms with E-state index in [1.807, 2.05) is 30.5 Å². The molecule has 1 aromatic carbocycles. The van der Waals surface area contributed by atoms with Crippen LogP contribution in [0.15, 0.2) is 41.6 Å². The van der Waals surface area contributed by atoms with E-state index in [0.29, 0.717) is 6.54 Å². The van der Waals surface area contributed by atoms with Gasteiger partial charge in [0.25, 0.3) is 0 Å². The predicted octanol–water partition coefficient (Wildman–Crippen LogP) is 1.99. The zero-order chi connectivity index (χ0) is 15.2. The van der Waals surface area contributed by atoms with Gasteiger partial charge in [0.2, 0.25) is 0 Å². The molecule has 8 heteroatoms. The van der Waals surface area contributed by atoms with Crippen molar-refractivity contribution in [2.24, 2.45) is 0 Å². The average Bonchev–Trinajstić information content (AvgIpc) is 2.94. The minimum Gasteiger partial charge on any atom is -0.389 e. The highest BCUT2D eigenvalue weighted by molar-refractivity contribution is 7.98. The zero-order valence-corrected chi connectivity index (χ0v) is 12.3. The number of anilines is 1. The highest BCUT2D eigenvalue weighted by Gasteiger charge is 2.12. The van der Waals surface area contributed by atoms with Gasteiger partial charge in [0.15, 0.2) is 0 Å². The number of hydrogen-bond donors (Lipinski definition) is 2. The molecule has 1 aromatic heterocycles. The molecule has 1 unspecified atom stereocenters. The molecule has 21 heavy (non-hydrogen) atoms. The number of aliphatic hydroxyl groups excluding tert-OH is 1. The second kappa shape index (κ2) is 7.09. The zero-order valence-electron chi connectivity index (χ0n) is 11.5. The summed E-state index contributed by atoms with van der Waals surface area (Å²) < 4.78 is 1.37. The number of nitrogens with zero attached hydrogens (tertiary/aromatic N) is 3. The van der Waals surface area contributed by atoms with Crippen LogP contribution in [0.4, 0.5) is 11.4 Å². The number of para-hydroxylation sites is 1. The molecule has 0 saturated carbocycles. The van der Waals surface area contributed by atoms with Crippen molar-refractivity contribution >= 4 is 23.1 Å². The summed E-state index contributed by atoms with van der Waals surface area (Å²) in [7, 11) is 0. The Morgan fingerprint density at radius 2 is 2.29 bits per heavy atom. The van der Waals surface area contributed by atoms with Gasteiger partial charge < -0.3 is 10.4 Å². The molecular weight excluding hydrogens is 292 g/mol. The molecule has 1 heterocycles. The summed E-state index contributed by atoms with van der Waals surface area (Å²) in [5.41, 5.74) is 0.874. The van der Waals surface area contributed by atoms with E-state index >= 15 is 0 Å². The minimum absolute atomic E-state index is 0.0807. The van der Waals surface area contributed by atoms with E-state index in [-0.39, 0.29) is 12.2 Å².